The summed E-state index contributed by atoms with van der Waals surface area (Å²) in [5.74, 6) is -3.63. The van der Waals surface area contributed by atoms with Crippen molar-refractivity contribution < 1.29 is 52.9 Å². The highest BCUT2D eigenvalue weighted by Crippen LogP contribution is 2.48. The Morgan fingerprint density at radius 3 is 1.76 bits per heavy atom. The molecule has 0 radical (unpaired) electrons. The second-order valence-corrected chi connectivity index (χ2v) is 22.8. The van der Waals surface area contributed by atoms with Crippen LogP contribution in [-0.2, 0) is 43.9 Å². The quantitative estimate of drug-likeness (QED) is 0.0172. The van der Waals surface area contributed by atoms with Gasteiger partial charge in [0, 0.05) is 42.0 Å². The van der Waals surface area contributed by atoms with Crippen molar-refractivity contribution >= 4 is 93.2 Å². The van der Waals surface area contributed by atoms with Crippen LogP contribution in [0, 0.1) is 0 Å². The van der Waals surface area contributed by atoms with Crippen LogP contribution in [0.1, 0.15) is 65.1 Å². The molecule has 2 fully saturated rings. The van der Waals surface area contributed by atoms with Gasteiger partial charge >= 0.3 is 23.9 Å². The highest BCUT2D eigenvalue weighted by Gasteiger charge is 2.55. The molecule has 2 saturated heterocycles. The van der Waals surface area contributed by atoms with Crippen LogP contribution >= 0.6 is 46.6 Å². The Hall–Kier alpha value is -8.17. The summed E-state index contributed by atoms with van der Waals surface area (Å²) in [4.78, 5) is 94.1. The van der Waals surface area contributed by atoms with Crippen molar-refractivity contribution in [3.8, 4) is 11.5 Å². The zero-order valence-electron chi connectivity index (χ0n) is 42.3. The zero-order valence-corrected chi connectivity index (χ0v) is 45.5. The van der Waals surface area contributed by atoms with Gasteiger partial charge in [-0.2, -0.15) is 0 Å². The number of carboxylic acids is 1. The number of thioether (sulfide) groups is 3. The maximum atomic E-state index is 15.1. The first-order valence-corrected chi connectivity index (χ1v) is 28.8. The Morgan fingerprint density at radius 2 is 1.23 bits per heavy atom. The van der Waals surface area contributed by atoms with Gasteiger partial charge in [-0.1, -0.05) is 163 Å². The molecular formula is C59H49N5O11S4. The summed E-state index contributed by atoms with van der Waals surface area (Å²) in [7, 11) is 0. The maximum absolute atomic E-state index is 15.1. The summed E-state index contributed by atoms with van der Waals surface area (Å²) in [5.41, 5.74) is 2.88. The van der Waals surface area contributed by atoms with E-state index in [9.17, 15) is 29.1 Å². The lowest BCUT2D eigenvalue weighted by atomic mass is 9.77. The van der Waals surface area contributed by atoms with Gasteiger partial charge in [0.1, 0.15) is 28.3 Å². The fraction of sp³-hybridized carbons (Fsp3) is 0.186. The number of hydrogen-bond acceptors (Lipinski definition) is 17. The number of thiazole rings is 1. The van der Waals surface area contributed by atoms with Crippen molar-refractivity contribution in [2.75, 3.05) is 22.6 Å². The van der Waals surface area contributed by atoms with E-state index in [-0.39, 0.29) is 33.0 Å². The van der Waals surface area contributed by atoms with Crippen molar-refractivity contribution in [3.63, 3.8) is 0 Å². The number of nitrogens with zero attached hydrogens (tertiary/aromatic N) is 3. The van der Waals surface area contributed by atoms with Crippen LogP contribution < -0.4 is 20.1 Å². The second kappa shape index (κ2) is 24.2. The fourth-order valence-corrected chi connectivity index (χ4v) is 14.8. The minimum Gasteiger partial charge on any atom is -0.477 e. The molecule has 400 valence electrons. The van der Waals surface area contributed by atoms with E-state index in [1.54, 1.807) is 77.4 Å². The molecule has 0 aliphatic carbocycles. The monoisotopic (exact) mass is 1130 g/mol. The smallest absolute Gasteiger partial charge is 0.355 e. The van der Waals surface area contributed by atoms with Gasteiger partial charge in [-0.15, -0.1) is 46.6 Å². The van der Waals surface area contributed by atoms with Gasteiger partial charge < -0.3 is 34.8 Å². The van der Waals surface area contributed by atoms with Crippen LogP contribution in [0.4, 0.5) is 5.13 Å². The van der Waals surface area contributed by atoms with Gasteiger partial charge in [-0.25, -0.2) is 14.6 Å². The van der Waals surface area contributed by atoms with Gasteiger partial charge in [0.25, 0.3) is 11.8 Å². The van der Waals surface area contributed by atoms with E-state index in [0.717, 1.165) is 46.5 Å². The van der Waals surface area contributed by atoms with Crippen LogP contribution in [0.15, 0.2) is 192 Å². The number of rotatable bonds is 19. The van der Waals surface area contributed by atoms with Crippen LogP contribution in [0.2, 0.25) is 0 Å². The lowest BCUT2D eigenvalue weighted by molar-refractivity contribution is -0.162. The summed E-state index contributed by atoms with van der Waals surface area (Å²) in [6, 6.07) is 50.2. The third kappa shape index (κ3) is 11.7. The van der Waals surface area contributed by atoms with Crippen molar-refractivity contribution in [3.05, 3.63) is 226 Å². The molecule has 10 rings (SSSR count). The number of anilines is 1. The van der Waals surface area contributed by atoms with E-state index in [4.69, 9.17) is 24.0 Å². The lowest BCUT2D eigenvalue weighted by Crippen LogP contribution is -2.71. The predicted molar refractivity (Wildman–Crippen MR) is 304 cm³/mol. The lowest BCUT2D eigenvalue weighted by Gasteiger charge is -2.49. The fourth-order valence-electron chi connectivity index (χ4n) is 9.45. The van der Waals surface area contributed by atoms with Crippen molar-refractivity contribution in [1.29, 1.82) is 0 Å². The highest BCUT2D eigenvalue weighted by atomic mass is 32.2. The molecule has 1 aromatic heterocycles. The number of aromatic nitrogens is 1. The number of carbonyl (C=O) groups excluding carboxylic acids is 5. The van der Waals surface area contributed by atoms with Crippen molar-refractivity contribution in [2.24, 2.45) is 5.16 Å². The molecule has 3 N–H and O–H groups in total. The van der Waals surface area contributed by atoms with E-state index >= 15 is 4.79 Å². The zero-order chi connectivity index (χ0) is 55.0. The molecule has 0 bridgehead atoms. The Morgan fingerprint density at radius 1 is 0.696 bits per heavy atom. The van der Waals surface area contributed by atoms with Gasteiger partial charge in [0.2, 0.25) is 6.10 Å². The van der Waals surface area contributed by atoms with Crippen molar-refractivity contribution in [1.82, 2.24) is 15.2 Å². The van der Waals surface area contributed by atoms with Gasteiger partial charge in [0.15, 0.2) is 28.4 Å². The van der Waals surface area contributed by atoms with E-state index in [2.05, 4.69) is 15.8 Å². The molecule has 3 atom stereocenters. The summed E-state index contributed by atoms with van der Waals surface area (Å²) >= 11 is 5.77. The van der Waals surface area contributed by atoms with Crippen LogP contribution in [0.3, 0.4) is 0 Å². The summed E-state index contributed by atoms with van der Waals surface area (Å²) in [6.07, 6.45) is -2.80. The predicted octanol–water partition coefficient (Wildman–Crippen LogP) is 9.74. The van der Waals surface area contributed by atoms with E-state index in [0.29, 0.717) is 27.6 Å². The first-order valence-electron chi connectivity index (χ1n) is 24.8. The minimum atomic E-state index is -1.82. The number of carbonyl (C=O) groups is 6. The third-order valence-electron chi connectivity index (χ3n) is 12.9. The largest absolute Gasteiger partial charge is 0.477 e. The number of hydrogen-bond donors (Lipinski definition) is 3. The molecule has 0 unspecified atom stereocenters. The molecular weight excluding hydrogens is 1080 g/mol. The third-order valence-corrected chi connectivity index (χ3v) is 18.1. The van der Waals surface area contributed by atoms with Gasteiger partial charge in [-0.3, -0.25) is 24.1 Å². The number of esters is 3. The molecule has 20 heteroatoms. The van der Waals surface area contributed by atoms with Crippen molar-refractivity contribution in [2.45, 2.75) is 47.6 Å². The van der Waals surface area contributed by atoms with Crippen LogP contribution in [-0.4, -0.2) is 89.6 Å². The number of aliphatic carboxylic acids is 1. The number of fused-ring (bicyclic) bond motifs is 1. The van der Waals surface area contributed by atoms with E-state index in [1.807, 2.05) is 103 Å². The molecule has 2 amide bonds. The topological polar surface area (TPSA) is 212 Å². The second-order valence-electron chi connectivity index (χ2n) is 18.1. The standard InChI is InChI=1S/C59H49N5O11S4/c1-35(65)72-45-29-28-39(32-46(45)73-36(2)66)51(56(71)74-50(37-18-8-3-9-19-37)38-20-10-4-11-21-38)75-63-47(52(67)61-48-53(68)64-49(55(69)70)43(33-78-54(48)64)57-76-30-31-77-57)44-34-79-58(60-44)62-59(40-22-12-5-13-23-40,41-24-14-6-15-25-41)42-26-16-7-17-27-42/h3-29,32,34,48,50-51,54,57H,30-31,33H2,1-2H3,(H,60,62)(H,61,67)(H,69,70)/t48-,51-,54+/m1/s1. The summed E-state index contributed by atoms with van der Waals surface area (Å²) in [5, 5.41) is 22.6. The van der Waals surface area contributed by atoms with Crippen LogP contribution in [0.5, 0.6) is 11.5 Å². The normalized spacial score (nSPS) is 16.8. The molecule has 4 heterocycles. The van der Waals surface area contributed by atoms with Crippen LogP contribution in [0.25, 0.3) is 0 Å². The molecule has 3 aliphatic rings. The highest BCUT2D eigenvalue weighted by molar-refractivity contribution is 8.20. The van der Waals surface area contributed by atoms with E-state index in [1.165, 1.54) is 41.8 Å². The number of β-lactam (4-membered cyclic amide) rings is 1. The molecule has 0 saturated carbocycles. The molecule has 16 nitrogen and oxygen atoms in total. The Bertz CT molecular complexity index is 3320. The number of amides is 2. The van der Waals surface area contributed by atoms with Gasteiger partial charge in [-0.05, 0) is 45.5 Å². The molecule has 6 aromatic carbocycles. The first kappa shape index (κ1) is 54.2. The number of benzene rings is 6. The SMILES string of the molecule is CC(=O)Oc1ccc([C@@H](ON=C(C(=O)N[C@@H]2C(=O)N3C(C(=O)O)=C(C4SCCS4)CS[C@@H]23)c2csc(NC(c3ccccc3)(c3ccccc3)c3ccccc3)n2)C(=O)OC(c2ccccc2)c2ccccc2)cc1OC(C)=O. The number of ether oxygens (including phenoxy) is 3. The molecule has 3 aliphatic heterocycles. The minimum absolute atomic E-state index is 0.00494. The number of carboxylic acid groups (broad SMARTS) is 1. The Kier molecular flexibility index (Phi) is 16.6. The number of oxime groups is 1. The van der Waals surface area contributed by atoms with E-state index < -0.39 is 70.6 Å². The average molecular weight is 1130 g/mol. The van der Waals surface area contributed by atoms with Gasteiger partial charge in [0.05, 0.1) is 4.58 Å². The molecule has 0 spiro atoms. The number of nitrogens with one attached hydrogen (secondary N) is 2. The molecule has 7 aromatic rings. The molecule has 79 heavy (non-hydrogen) atoms. The Labute approximate surface area is 471 Å². The average Bonchev–Trinajstić information content (AvgIpc) is 4.35. The maximum Gasteiger partial charge on any atom is 0.355 e. The summed E-state index contributed by atoms with van der Waals surface area (Å²) in [6.45, 7) is 2.32. The summed E-state index contributed by atoms with van der Waals surface area (Å²) < 4.78 is 17.0. The Balaban J connectivity index is 1.07. The first-order chi connectivity index (χ1) is 38.4.